The average molecular weight is 176 g/mol. The van der Waals surface area contributed by atoms with Crippen molar-refractivity contribution in [2.75, 3.05) is 21.1 Å². The van der Waals surface area contributed by atoms with Crippen molar-refractivity contribution in [2.45, 2.75) is 6.17 Å². The van der Waals surface area contributed by atoms with E-state index in [2.05, 4.69) is 0 Å². The molecule has 0 radical (unpaired) electrons. The van der Waals surface area contributed by atoms with Crippen molar-refractivity contribution in [1.29, 1.82) is 0 Å². The van der Waals surface area contributed by atoms with Gasteiger partial charge in [0, 0.05) is 0 Å². The van der Waals surface area contributed by atoms with Crippen LogP contribution in [0.2, 0.25) is 0 Å². The number of amides is 1. The van der Waals surface area contributed by atoms with E-state index in [0.717, 1.165) is 0 Å². The average Bonchev–Trinajstić information content (AvgIpc) is 1.79. The molecule has 0 fully saturated rings. The summed E-state index contributed by atoms with van der Waals surface area (Å²) in [5.41, 5.74) is 0. The molecule has 0 aliphatic carbocycles. The van der Waals surface area contributed by atoms with E-state index in [0.29, 0.717) is 0 Å². The summed E-state index contributed by atoms with van der Waals surface area (Å²) in [6.45, 7) is 0. The van der Waals surface area contributed by atoms with Crippen molar-refractivity contribution < 1.29 is 24.3 Å². The zero-order chi connectivity index (χ0) is 9.94. The van der Waals surface area contributed by atoms with E-state index in [-0.39, 0.29) is 4.48 Å². The van der Waals surface area contributed by atoms with Gasteiger partial charge in [-0.1, -0.05) is 0 Å². The second kappa shape index (κ2) is 3.40. The number of rotatable bonds is 3. The van der Waals surface area contributed by atoms with Gasteiger partial charge in [0.2, 0.25) is 0 Å². The Kier molecular flexibility index (Phi) is 3.03. The number of hydrogen-bond donors (Lipinski definition) is 2. The monoisotopic (exact) mass is 176 g/mol. The Balaban J connectivity index is 4.46. The first kappa shape index (κ1) is 10.7. The number of hydrogen-bond acceptors (Lipinski definition) is 3. The van der Waals surface area contributed by atoms with Crippen molar-refractivity contribution in [3.8, 4) is 0 Å². The topological polar surface area (TPSA) is 89.5 Å². The van der Waals surface area contributed by atoms with Gasteiger partial charge in [0.15, 0.2) is 0 Å². The lowest BCUT2D eigenvalue weighted by atomic mass is 10.4. The summed E-state index contributed by atoms with van der Waals surface area (Å²) >= 11 is 0. The van der Waals surface area contributed by atoms with Crippen molar-refractivity contribution >= 4 is 12.1 Å². The first-order valence-electron chi connectivity index (χ1n) is 3.26. The second-order valence-electron chi connectivity index (χ2n) is 3.29. The molecule has 0 heterocycles. The maximum atomic E-state index is 10.5. The highest BCUT2D eigenvalue weighted by Gasteiger charge is 2.30. The van der Waals surface area contributed by atoms with Gasteiger partial charge in [-0.05, 0) is 0 Å². The third-order valence-electron chi connectivity index (χ3n) is 1.26. The molecule has 6 heteroatoms. The van der Waals surface area contributed by atoms with Crippen molar-refractivity contribution in [2.24, 2.45) is 0 Å². The molecule has 0 rings (SSSR count). The highest BCUT2D eigenvalue weighted by atomic mass is 16.4. The zero-order valence-electron chi connectivity index (χ0n) is 7.20. The van der Waals surface area contributed by atoms with E-state index in [1.54, 1.807) is 26.5 Å². The van der Waals surface area contributed by atoms with Gasteiger partial charge in [-0.25, -0.2) is 4.79 Å². The Hall–Kier alpha value is -1.30. The van der Waals surface area contributed by atoms with Gasteiger partial charge >= 0.3 is 5.97 Å². The van der Waals surface area contributed by atoms with E-state index in [1.807, 2.05) is 0 Å². The molecule has 0 saturated heterocycles. The minimum absolute atomic E-state index is 0.0384. The molecule has 1 amide bonds. The lowest BCUT2D eigenvalue weighted by Gasteiger charge is -2.31. The molecule has 6 nitrogen and oxygen atoms in total. The van der Waals surface area contributed by atoms with Gasteiger partial charge in [-0.3, -0.25) is 0 Å². The summed E-state index contributed by atoms with van der Waals surface area (Å²) < 4.78 is -0.0384. The Bertz CT molecular complexity index is 196. The predicted molar refractivity (Wildman–Crippen MR) is 38.0 cm³/mol. The normalized spacial score (nSPS) is 13.6. The fraction of sp³-hybridized carbons (Fsp3) is 0.667. The van der Waals surface area contributed by atoms with Crippen LogP contribution in [0.5, 0.6) is 0 Å². The third-order valence-corrected chi connectivity index (χ3v) is 1.26. The van der Waals surface area contributed by atoms with E-state index in [4.69, 9.17) is 5.11 Å². The molecule has 0 bridgehead atoms. The smallest absolute Gasteiger partial charge is 0.385 e. The summed E-state index contributed by atoms with van der Waals surface area (Å²) in [7, 11) is 4.69. The Morgan fingerprint density at radius 3 is 1.92 bits per heavy atom. The van der Waals surface area contributed by atoms with Gasteiger partial charge in [0.05, 0.1) is 21.1 Å². The van der Waals surface area contributed by atoms with E-state index >= 15 is 0 Å². The molecule has 2 N–H and O–H groups in total. The van der Waals surface area contributed by atoms with Crippen molar-refractivity contribution in [1.82, 2.24) is 5.32 Å². The van der Waals surface area contributed by atoms with Crippen LogP contribution in [0.15, 0.2) is 0 Å². The fourth-order valence-corrected chi connectivity index (χ4v) is 0.698. The predicted octanol–water partition coefficient (Wildman–Crippen LogP) is -1.96. The van der Waals surface area contributed by atoms with Crippen LogP contribution in [-0.2, 0) is 4.79 Å². The highest BCUT2D eigenvalue weighted by Crippen LogP contribution is 1.98. The molecule has 70 valence electrons. The quantitative estimate of drug-likeness (QED) is 0.386. The van der Waals surface area contributed by atoms with Gasteiger partial charge in [0.25, 0.3) is 6.17 Å². The number of carboxylic acid groups (broad SMARTS) is 2. The molecule has 0 spiro atoms. The molecule has 0 aromatic heterocycles. The second-order valence-corrected chi connectivity index (χ2v) is 3.29. The first-order chi connectivity index (χ1) is 5.25. The molecular weight excluding hydrogens is 164 g/mol. The fourth-order valence-electron chi connectivity index (χ4n) is 0.698. The molecule has 1 atom stereocenters. The summed E-state index contributed by atoms with van der Waals surface area (Å²) in [5, 5.41) is 20.5. The van der Waals surface area contributed by atoms with Crippen LogP contribution in [0.1, 0.15) is 0 Å². The van der Waals surface area contributed by atoms with Crippen LogP contribution in [-0.4, -0.2) is 49.0 Å². The maximum Gasteiger partial charge on any atom is 0.385 e. The van der Waals surface area contributed by atoms with E-state index in [9.17, 15) is 14.7 Å². The summed E-state index contributed by atoms with van der Waals surface area (Å²) in [6.07, 6.45) is -2.79. The number of quaternary nitrogens is 1. The molecule has 0 aliphatic heterocycles. The molecule has 1 unspecified atom stereocenters. The van der Waals surface area contributed by atoms with Gasteiger partial charge < -0.3 is 24.8 Å². The van der Waals surface area contributed by atoms with Crippen LogP contribution in [0.25, 0.3) is 0 Å². The zero-order valence-corrected chi connectivity index (χ0v) is 7.20. The maximum absolute atomic E-state index is 10.5. The van der Waals surface area contributed by atoms with E-state index in [1.165, 1.54) is 0 Å². The molecular formula is C6H12N2O4. The van der Waals surface area contributed by atoms with Crippen LogP contribution in [0, 0.1) is 0 Å². The molecule has 12 heavy (non-hydrogen) atoms. The Morgan fingerprint density at radius 2 is 1.83 bits per heavy atom. The van der Waals surface area contributed by atoms with Gasteiger partial charge in [-0.15, -0.1) is 0 Å². The van der Waals surface area contributed by atoms with Crippen LogP contribution < -0.4 is 10.4 Å². The Morgan fingerprint density at radius 1 is 1.42 bits per heavy atom. The molecule has 0 aromatic carbocycles. The Labute approximate surface area is 70.0 Å². The van der Waals surface area contributed by atoms with Gasteiger partial charge in [0.1, 0.15) is 6.09 Å². The number of carbonyl (C=O) groups excluding carboxylic acids is 1. The molecule has 0 aromatic rings. The number of aliphatic carboxylic acids is 1. The number of carbonyl (C=O) groups is 2. The van der Waals surface area contributed by atoms with Crippen molar-refractivity contribution in [3.63, 3.8) is 0 Å². The molecule has 0 saturated carbocycles. The van der Waals surface area contributed by atoms with E-state index < -0.39 is 18.2 Å². The highest BCUT2D eigenvalue weighted by molar-refractivity contribution is 5.76. The van der Waals surface area contributed by atoms with Gasteiger partial charge in [-0.2, -0.15) is 0 Å². The lowest BCUT2D eigenvalue weighted by molar-refractivity contribution is -0.889. The SMILES string of the molecule is C[N+](C)(C)C(NC(=O)[O-])C(=O)O. The first-order valence-corrected chi connectivity index (χ1v) is 3.26. The third kappa shape index (κ3) is 3.20. The van der Waals surface area contributed by atoms with Crippen molar-refractivity contribution in [3.05, 3.63) is 0 Å². The number of nitrogens with zero attached hydrogens (tertiary/aromatic N) is 1. The number of carboxylic acids is 1. The lowest BCUT2D eigenvalue weighted by Crippen LogP contribution is -2.61. The largest absolute Gasteiger partial charge is 0.530 e. The standard InChI is InChI=1S/C6H12N2O4/c1-8(2,3)4(5(9)10)7-6(11)12/h4,7H,1-3H3,(H-,9,10,11,12). The minimum Gasteiger partial charge on any atom is -0.530 e. The minimum atomic E-state index is -1.59. The summed E-state index contributed by atoms with van der Waals surface area (Å²) in [5.74, 6) is -1.23. The summed E-state index contributed by atoms with van der Waals surface area (Å²) in [4.78, 5) is 20.6. The number of likely N-dealkylation sites (N-methyl/N-ethyl adjacent to an activating group) is 1. The van der Waals surface area contributed by atoms with Crippen LogP contribution >= 0.6 is 0 Å². The van der Waals surface area contributed by atoms with Crippen LogP contribution in [0.3, 0.4) is 0 Å². The number of nitrogens with one attached hydrogen (secondary N) is 1. The molecule has 0 aliphatic rings. The van der Waals surface area contributed by atoms with Crippen LogP contribution in [0.4, 0.5) is 4.79 Å². The summed E-state index contributed by atoms with van der Waals surface area (Å²) in [6, 6.07) is 0.